The van der Waals surface area contributed by atoms with Crippen molar-refractivity contribution in [2.24, 2.45) is 0 Å². The number of rotatable bonds is 4. The fourth-order valence-corrected chi connectivity index (χ4v) is 2.42. The lowest BCUT2D eigenvalue weighted by atomic mass is 10.1. The van der Waals surface area contributed by atoms with Gasteiger partial charge in [-0.3, -0.25) is 4.79 Å². The molecular formula is C17H16N2O4. The van der Waals surface area contributed by atoms with Gasteiger partial charge in [0.15, 0.2) is 0 Å². The van der Waals surface area contributed by atoms with Gasteiger partial charge in [0.05, 0.1) is 0 Å². The highest BCUT2D eigenvalue weighted by molar-refractivity contribution is 5.81. The third-order valence-corrected chi connectivity index (χ3v) is 3.62. The zero-order valence-electron chi connectivity index (χ0n) is 12.9. The second kappa shape index (κ2) is 6.08. The van der Waals surface area contributed by atoms with Crippen LogP contribution in [0.2, 0.25) is 0 Å². The maximum Gasteiger partial charge on any atom is 0.336 e. The van der Waals surface area contributed by atoms with Crippen LogP contribution in [-0.2, 0) is 13.0 Å². The van der Waals surface area contributed by atoms with Gasteiger partial charge in [0.2, 0.25) is 0 Å². The minimum absolute atomic E-state index is 0.0114. The van der Waals surface area contributed by atoms with Crippen molar-refractivity contribution >= 4 is 11.0 Å². The molecule has 6 heteroatoms. The molecule has 118 valence electrons. The zero-order valence-corrected chi connectivity index (χ0v) is 12.9. The van der Waals surface area contributed by atoms with Gasteiger partial charge in [-0.1, -0.05) is 6.92 Å². The Kier molecular flexibility index (Phi) is 3.97. The lowest BCUT2D eigenvalue weighted by molar-refractivity contribution is 0.444. The Hall–Kier alpha value is -2.89. The van der Waals surface area contributed by atoms with Crippen LogP contribution in [0.4, 0.5) is 0 Å². The number of aryl methyl sites for hydroxylation is 2. The van der Waals surface area contributed by atoms with Crippen molar-refractivity contribution in [2.75, 3.05) is 0 Å². The third kappa shape index (κ3) is 2.88. The van der Waals surface area contributed by atoms with Gasteiger partial charge in [-0.05, 0) is 31.0 Å². The van der Waals surface area contributed by atoms with Gasteiger partial charge >= 0.3 is 11.2 Å². The molecule has 0 aliphatic carbocycles. The first-order chi connectivity index (χ1) is 11.1. The molecule has 23 heavy (non-hydrogen) atoms. The molecule has 2 aromatic heterocycles. The highest BCUT2D eigenvalue weighted by Crippen LogP contribution is 2.25. The molecule has 3 aromatic rings. The summed E-state index contributed by atoms with van der Waals surface area (Å²) in [5.41, 5.74) is 0.629. The van der Waals surface area contributed by atoms with Gasteiger partial charge in [-0.25, -0.2) is 9.78 Å². The first-order valence-electron chi connectivity index (χ1n) is 7.42. The summed E-state index contributed by atoms with van der Waals surface area (Å²) >= 11 is 0. The van der Waals surface area contributed by atoms with Crippen LogP contribution in [0.1, 0.15) is 19.4 Å². The molecule has 6 nitrogen and oxygen atoms in total. The third-order valence-electron chi connectivity index (χ3n) is 3.62. The van der Waals surface area contributed by atoms with Crippen LogP contribution >= 0.6 is 0 Å². The van der Waals surface area contributed by atoms with E-state index in [1.807, 2.05) is 19.9 Å². The van der Waals surface area contributed by atoms with Crippen molar-refractivity contribution in [3.8, 4) is 11.6 Å². The van der Waals surface area contributed by atoms with Crippen LogP contribution in [0, 0.1) is 0 Å². The van der Waals surface area contributed by atoms with E-state index in [2.05, 4.69) is 4.98 Å². The smallest absolute Gasteiger partial charge is 0.336 e. The van der Waals surface area contributed by atoms with Crippen molar-refractivity contribution in [2.45, 2.75) is 26.8 Å². The van der Waals surface area contributed by atoms with E-state index in [4.69, 9.17) is 9.15 Å². The Labute approximate surface area is 132 Å². The summed E-state index contributed by atoms with van der Waals surface area (Å²) in [5, 5.41) is 0.853. The van der Waals surface area contributed by atoms with Crippen LogP contribution in [0.25, 0.3) is 11.0 Å². The van der Waals surface area contributed by atoms with E-state index in [1.54, 1.807) is 18.3 Å². The molecule has 0 amide bonds. The SMILES string of the molecule is CCc1cc(=O)oc2cc(Oc3nccn(CC)c3=O)ccc12. The molecule has 0 spiro atoms. The molecule has 0 N–H and O–H groups in total. The number of nitrogens with zero attached hydrogens (tertiary/aromatic N) is 2. The molecule has 0 radical (unpaired) electrons. The van der Waals surface area contributed by atoms with Crippen molar-refractivity contribution in [1.29, 1.82) is 0 Å². The van der Waals surface area contributed by atoms with E-state index in [-0.39, 0.29) is 11.4 Å². The fourth-order valence-electron chi connectivity index (χ4n) is 2.42. The van der Waals surface area contributed by atoms with Gasteiger partial charge in [0.25, 0.3) is 5.88 Å². The summed E-state index contributed by atoms with van der Waals surface area (Å²) in [6.45, 7) is 4.37. The number of hydrogen-bond donors (Lipinski definition) is 0. The molecule has 0 bridgehead atoms. The van der Waals surface area contributed by atoms with E-state index >= 15 is 0 Å². The van der Waals surface area contributed by atoms with Gasteiger partial charge in [0.1, 0.15) is 11.3 Å². The number of aromatic nitrogens is 2. The Bertz CT molecular complexity index is 972. The highest BCUT2D eigenvalue weighted by Gasteiger charge is 2.09. The minimum atomic E-state index is -0.405. The zero-order chi connectivity index (χ0) is 16.4. The lowest BCUT2D eigenvalue weighted by Gasteiger charge is -2.08. The topological polar surface area (TPSA) is 74.3 Å². The largest absolute Gasteiger partial charge is 0.435 e. The van der Waals surface area contributed by atoms with E-state index in [1.165, 1.54) is 16.8 Å². The van der Waals surface area contributed by atoms with E-state index in [9.17, 15) is 9.59 Å². The first-order valence-corrected chi connectivity index (χ1v) is 7.42. The number of hydrogen-bond acceptors (Lipinski definition) is 5. The van der Waals surface area contributed by atoms with Gasteiger partial charge in [-0.2, -0.15) is 0 Å². The van der Waals surface area contributed by atoms with Gasteiger partial charge in [0, 0.05) is 36.5 Å². The second-order valence-electron chi connectivity index (χ2n) is 5.03. The average Bonchev–Trinajstić information content (AvgIpc) is 2.55. The van der Waals surface area contributed by atoms with Crippen molar-refractivity contribution in [3.05, 3.63) is 63.0 Å². The monoisotopic (exact) mass is 312 g/mol. The van der Waals surface area contributed by atoms with E-state index in [0.717, 1.165) is 17.4 Å². The normalized spacial score (nSPS) is 10.9. The Morgan fingerprint density at radius 3 is 2.78 bits per heavy atom. The predicted molar refractivity (Wildman–Crippen MR) is 86.1 cm³/mol. The molecular weight excluding hydrogens is 296 g/mol. The van der Waals surface area contributed by atoms with Crippen molar-refractivity contribution in [3.63, 3.8) is 0 Å². The molecule has 0 unspecified atom stereocenters. The van der Waals surface area contributed by atoms with Crippen LogP contribution in [-0.4, -0.2) is 9.55 Å². The van der Waals surface area contributed by atoms with Gasteiger partial charge in [-0.15, -0.1) is 0 Å². The summed E-state index contributed by atoms with van der Waals surface area (Å²) in [7, 11) is 0. The summed E-state index contributed by atoms with van der Waals surface area (Å²) in [6, 6.07) is 6.63. The maximum absolute atomic E-state index is 12.1. The minimum Gasteiger partial charge on any atom is -0.435 e. The Morgan fingerprint density at radius 1 is 1.22 bits per heavy atom. The summed E-state index contributed by atoms with van der Waals surface area (Å²) in [4.78, 5) is 27.7. The molecule has 0 atom stereocenters. The molecule has 0 aliphatic rings. The molecule has 1 aromatic carbocycles. The summed E-state index contributed by atoms with van der Waals surface area (Å²) < 4.78 is 12.3. The molecule has 0 aliphatic heterocycles. The molecule has 2 heterocycles. The molecule has 3 rings (SSSR count). The summed E-state index contributed by atoms with van der Waals surface area (Å²) in [5.74, 6) is 0.384. The molecule has 0 saturated carbocycles. The lowest BCUT2D eigenvalue weighted by Crippen LogP contribution is -2.20. The number of ether oxygens (including phenoxy) is 1. The Morgan fingerprint density at radius 2 is 2.04 bits per heavy atom. The maximum atomic E-state index is 12.1. The number of fused-ring (bicyclic) bond motifs is 1. The first kappa shape index (κ1) is 15.0. The van der Waals surface area contributed by atoms with Crippen LogP contribution < -0.4 is 15.9 Å². The van der Waals surface area contributed by atoms with Crippen LogP contribution in [0.3, 0.4) is 0 Å². The van der Waals surface area contributed by atoms with E-state index in [0.29, 0.717) is 17.9 Å². The highest BCUT2D eigenvalue weighted by atomic mass is 16.5. The van der Waals surface area contributed by atoms with Crippen molar-refractivity contribution in [1.82, 2.24) is 9.55 Å². The van der Waals surface area contributed by atoms with Gasteiger partial charge < -0.3 is 13.7 Å². The van der Waals surface area contributed by atoms with Crippen LogP contribution in [0.5, 0.6) is 11.6 Å². The quantitative estimate of drug-likeness (QED) is 0.692. The molecule has 0 saturated heterocycles. The number of benzene rings is 1. The fraction of sp³-hybridized carbons (Fsp3) is 0.235. The second-order valence-corrected chi connectivity index (χ2v) is 5.03. The standard InChI is InChI=1S/C17H16N2O4/c1-3-11-9-15(20)23-14-10-12(5-6-13(11)14)22-16-17(21)19(4-2)8-7-18-16/h5-10H,3-4H2,1-2H3. The molecule has 0 fully saturated rings. The van der Waals surface area contributed by atoms with E-state index < -0.39 is 5.63 Å². The Balaban J connectivity index is 2.05. The average molecular weight is 312 g/mol. The summed E-state index contributed by atoms with van der Waals surface area (Å²) in [6.07, 6.45) is 3.84. The van der Waals surface area contributed by atoms with Crippen molar-refractivity contribution < 1.29 is 9.15 Å². The predicted octanol–water partition coefficient (Wildman–Crippen LogP) is 2.72. The van der Waals surface area contributed by atoms with Crippen LogP contribution in [0.15, 0.2) is 50.7 Å².